The molecule has 2 heterocycles. The molecule has 2 amide bonds. The predicted octanol–water partition coefficient (Wildman–Crippen LogP) is 1.23. The summed E-state index contributed by atoms with van der Waals surface area (Å²) in [4.78, 5) is 13.9. The second-order valence-corrected chi connectivity index (χ2v) is 8.98. The highest BCUT2D eigenvalue weighted by molar-refractivity contribution is 7.91. The monoisotopic (exact) mass is 352 g/mol. The number of hydrogen-bond donors (Lipinski definition) is 1. The van der Waals surface area contributed by atoms with E-state index in [2.05, 4.69) is 24.3 Å². The lowest BCUT2D eigenvalue weighted by Crippen LogP contribution is -2.50. The van der Waals surface area contributed by atoms with Crippen LogP contribution in [0.15, 0.2) is 12.3 Å². The van der Waals surface area contributed by atoms with Gasteiger partial charge < -0.3 is 10.2 Å². The van der Waals surface area contributed by atoms with Gasteiger partial charge in [0.2, 0.25) is 0 Å². The molecule has 7 nitrogen and oxygen atoms in total. The van der Waals surface area contributed by atoms with Crippen LogP contribution in [0, 0.1) is 0 Å². The van der Waals surface area contributed by atoms with Gasteiger partial charge in [-0.25, -0.2) is 13.2 Å². The summed E-state index contributed by atoms with van der Waals surface area (Å²) in [5, 5.41) is 7.43. The van der Waals surface area contributed by atoms with E-state index in [0.717, 1.165) is 18.4 Å². The average Bonchev–Trinajstić information content (AvgIpc) is 2.83. The molecular weight excluding hydrogens is 328 g/mol. The van der Waals surface area contributed by atoms with Crippen LogP contribution in [0.2, 0.25) is 0 Å². The van der Waals surface area contributed by atoms with Gasteiger partial charge in [0.05, 0.1) is 17.7 Å². The highest BCUT2D eigenvalue weighted by atomic mass is 32.2. The number of amides is 2. The van der Waals surface area contributed by atoms with E-state index >= 15 is 0 Å². The number of rotatable bonds is 2. The molecule has 8 heteroatoms. The topological polar surface area (TPSA) is 84.3 Å². The number of urea groups is 1. The quantitative estimate of drug-likeness (QED) is 0.868. The fraction of sp³-hybridized carbons (Fsp3) is 0.625. The van der Waals surface area contributed by atoms with Crippen LogP contribution in [0.5, 0.6) is 0 Å². The molecular formula is C16H24N4O3S. The average molecular weight is 352 g/mol. The van der Waals surface area contributed by atoms with E-state index in [9.17, 15) is 13.2 Å². The Bertz CT molecular complexity index is 737. The number of nitrogens with one attached hydrogen (secondary N) is 1. The van der Waals surface area contributed by atoms with E-state index in [0.29, 0.717) is 6.04 Å². The van der Waals surface area contributed by atoms with Gasteiger partial charge in [0, 0.05) is 36.4 Å². The summed E-state index contributed by atoms with van der Waals surface area (Å²) in [5.74, 6) is 0.104. The number of hydrogen-bond acceptors (Lipinski definition) is 4. The van der Waals surface area contributed by atoms with Crippen LogP contribution in [0.4, 0.5) is 4.79 Å². The molecule has 0 spiro atoms. The lowest BCUT2D eigenvalue weighted by atomic mass is 10.1. The van der Waals surface area contributed by atoms with Gasteiger partial charge in [-0.1, -0.05) is 12.2 Å². The van der Waals surface area contributed by atoms with Crippen LogP contribution >= 0.6 is 0 Å². The Kier molecular flexibility index (Phi) is 4.67. The maximum absolute atomic E-state index is 12.3. The van der Waals surface area contributed by atoms with Crippen LogP contribution in [-0.4, -0.2) is 59.8 Å². The molecule has 0 aromatic carbocycles. The van der Waals surface area contributed by atoms with Crippen molar-refractivity contribution >= 4 is 21.9 Å². The zero-order valence-electron chi connectivity index (χ0n) is 14.1. The molecule has 24 heavy (non-hydrogen) atoms. The van der Waals surface area contributed by atoms with E-state index in [1.165, 1.54) is 5.69 Å². The van der Waals surface area contributed by atoms with Crippen LogP contribution < -0.4 is 5.32 Å². The van der Waals surface area contributed by atoms with Gasteiger partial charge in [-0.2, -0.15) is 5.10 Å². The zero-order valence-corrected chi connectivity index (χ0v) is 14.9. The van der Waals surface area contributed by atoms with Crippen molar-refractivity contribution in [3.05, 3.63) is 23.5 Å². The summed E-state index contributed by atoms with van der Waals surface area (Å²) in [6.45, 7) is 4.75. The van der Waals surface area contributed by atoms with E-state index in [1.807, 2.05) is 23.0 Å². The smallest absolute Gasteiger partial charge is 0.317 e. The van der Waals surface area contributed by atoms with Gasteiger partial charge in [-0.05, 0) is 26.7 Å². The third-order valence-corrected chi connectivity index (χ3v) is 6.17. The van der Waals surface area contributed by atoms with E-state index in [4.69, 9.17) is 0 Å². The van der Waals surface area contributed by atoms with Crippen LogP contribution in [0.3, 0.4) is 0 Å². The Balaban J connectivity index is 1.61. The van der Waals surface area contributed by atoms with Crippen LogP contribution in [0.25, 0.3) is 6.08 Å². The molecule has 1 unspecified atom stereocenters. The summed E-state index contributed by atoms with van der Waals surface area (Å²) in [7, 11) is -2.98. The first-order valence-electron chi connectivity index (χ1n) is 8.36. The van der Waals surface area contributed by atoms with Gasteiger partial charge in [-0.3, -0.25) is 4.68 Å². The molecule has 0 bridgehead atoms. The van der Waals surface area contributed by atoms with Gasteiger partial charge in [0.1, 0.15) is 0 Å². The second-order valence-electron chi connectivity index (χ2n) is 6.68. The Morgan fingerprint density at radius 3 is 2.71 bits per heavy atom. The molecule has 0 saturated carbocycles. The summed E-state index contributed by atoms with van der Waals surface area (Å²) in [6, 6.07) is 0.0728. The minimum absolute atomic E-state index is 0.0518. The SMILES string of the molecule is CC(C)n1ncc2c1CCC(NC(=O)N1CCS(=O)(=O)CC1)C=C2. The molecule has 1 atom stereocenters. The third-order valence-electron chi connectivity index (χ3n) is 4.56. The molecule has 1 fully saturated rings. The van der Waals surface area contributed by atoms with Crippen molar-refractivity contribution < 1.29 is 13.2 Å². The number of sulfone groups is 1. The highest BCUT2D eigenvalue weighted by Crippen LogP contribution is 2.21. The Hall–Kier alpha value is -1.83. The third kappa shape index (κ3) is 3.63. The molecule has 1 N–H and O–H groups in total. The minimum atomic E-state index is -2.98. The standard InChI is InChI=1S/C16H24N4O3S/c1-12(2)20-15-6-5-14(4-3-13(15)11-17-20)18-16(21)19-7-9-24(22,23)10-8-19/h3-4,11-12,14H,5-10H2,1-2H3,(H,18,21). The van der Waals surface area contributed by atoms with Gasteiger partial charge in [0.25, 0.3) is 0 Å². The van der Waals surface area contributed by atoms with Crippen molar-refractivity contribution in [3.8, 4) is 0 Å². The number of carbonyl (C=O) groups excluding carboxylic acids is 1. The summed E-state index contributed by atoms with van der Waals surface area (Å²) in [6.07, 6.45) is 7.53. The molecule has 0 radical (unpaired) electrons. The minimum Gasteiger partial charge on any atom is -0.332 e. The second kappa shape index (κ2) is 6.58. The number of aromatic nitrogens is 2. The summed E-state index contributed by atoms with van der Waals surface area (Å²) in [5.41, 5.74) is 2.30. The molecule has 132 valence electrons. The maximum Gasteiger partial charge on any atom is 0.317 e. The first-order valence-corrected chi connectivity index (χ1v) is 10.2. The van der Waals surface area contributed by atoms with Crippen molar-refractivity contribution in [2.45, 2.75) is 38.8 Å². The molecule has 1 aromatic rings. The molecule has 1 saturated heterocycles. The van der Waals surface area contributed by atoms with Crippen LogP contribution in [-0.2, 0) is 16.3 Å². The van der Waals surface area contributed by atoms with E-state index in [-0.39, 0.29) is 36.7 Å². The van der Waals surface area contributed by atoms with Gasteiger partial charge in [0.15, 0.2) is 9.84 Å². The number of fused-ring (bicyclic) bond motifs is 1. The van der Waals surface area contributed by atoms with Crippen molar-refractivity contribution in [1.29, 1.82) is 0 Å². The van der Waals surface area contributed by atoms with Gasteiger partial charge >= 0.3 is 6.03 Å². The fourth-order valence-corrected chi connectivity index (χ4v) is 4.34. The molecule has 1 aliphatic heterocycles. The molecule has 3 rings (SSSR count). The highest BCUT2D eigenvalue weighted by Gasteiger charge is 2.26. The van der Waals surface area contributed by atoms with Crippen molar-refractivity contribution in [2.24, 2.45) is 0 Å². The van der Waals surface area contributed by atoms with Crippen molar-refractivity contribution in [2.75, 3.05) is 24.6 Å². The predicted molar refractivity (Wildman–Crippen MR) is 92.5 cm³/mol. The maximum atomic E-state index is 12.3. The van der Waals surface area contributed by atoms with E-state index < -0.39 is 9.84 Å². The summed E-state index contributed by atoms with van der Waals surface area (Å²) >= 11 is 0. The lowest BCUT2D eigenvalue weighted by Gasteiger charge is -2.28. The Labute approximate surface area is 142 Å². The lowest BCUT2D eigenvalue weighted by molar-refractivity contribution is 0.199. The Morgan fingerprint density at radius 2 is 2.04 bits per heavy atom. The number of nitrogens with zero attached hydrogens (tertiary/aromatic N) is 3. The van der Waals surface area contributed by atoms with E-state index in [1.54, 1.807) is 4.90 Å². The largest absolute Gasteiger partial charge is 0.332 e. The Morgan fingerprint density at radius 1 is 1.33 bits per heavy atom. The first kappa shape index (κ1) is 17.0. The first-order chi connectivity index (χ1) is 11.4. The molecule has 2 aliphatic rings. The van der Waals surface area contributed by atoms with Crippen molar-refractivity contribution in [3.63, 3.8) is 0 Å². The fourth-order valence-electron chi connectivity index (χ4n) is 3.14. The normalized spacial score (nSPS) is 23.0. The molecule has 1 aromatic heterocycles. The number of carbonyl (C=O) groups is 1. The van der Waals surface area contributed by atoms with Gasteiger partial charge in [-0.15, -0.1) is 0 Å². The van der Waals surface area contributed by atoms with Crippen molar-refractivity contribution in [1.82, 2.24) is 20.0 Å². The molecule has 1 aliphatic carbocycles. The summed E-state index contributed by atoms with van der Waals surface area (Å²) < 4.78 is 24.9. The van der Waals surface area contributed by atoms with Crippen LogP contribution in [0.1, 0.15) is 37.6 Å². The zero-order chi connectivity index (χ0) is 17.3.